The molecule has 17 heavy (non-hydrogen) atoms. The summed E-state index contributed by atoms with van der Waals surface area (Å²) in [7, 11) is 0. The summed E-state index contributed by atoms with van der Waals surface area (Å²) in [6.07, 6.45) is 6.67. The lowest BCUT2D eigenvalue weighted by Gasteiger charge is -2.19. The Morgan fingerprint density at radius 1 is 1.53 bits per heavy atom. The third-order valence-corrected chi connectivity index (χ3v) is 4.19. The maximum Gasteiger partial charge on any atom is 0.320 e. The van der Waals surface area contributed by atoms with E-state index >= 15 is 0 Å². The van der Waals surface area contributed by atoms with Crippen LogP contribution >= 0.6 is 11.3 Å². The van der Waals surface area contributed by atoms with Crippen molar-refractivity contribution in [2.24, 2.45) is 5.73 Å². The smallest absolute Gasteiger partial charge is 0.320 e. The Kier molecular flexibility index (Phi) is 4.12. The fourth-order valence-corrected chi connectivity index (χ4v) is 3.22. The highest BCUT2D eigenvalue weighted by Gasteiger charge is 2.20. The molecular weight excluding hydrogens is 236 g/mol. The molecule has 1 saturated carbocycles. The second-order valence-corrected chi connectivity index (χ2v) is 5.59. The average molecular weight is 254 g/mol. The molecule has 0 amide bonds. The normalized spacial score (nSPS) is 19.1. The fourth-order valence-electron chi connectivity index (χ4n) is 2.28. The Morgan fingerprint density at radius 2 is 2.24 bits per heavy atom. The lowest BCUT2D eigenvalue weighted by Crippen LogP contribution is -2.32. The number of hydrogen-bond donors (Lipinski definition) is 2. The molecule has 1 unspecified atom stereocenters. The summed E-state index contributed by atoms with van der Waals surface area (Å²) in [5.41, 5.74) is 6.64. The van der Waals surface area contributed by atoms with Crippen LogP contribution in [0, 0.1) is 0 Å². The van der Waals surface area contributed by atoms with Crippen molar-refractivity contribution in [3.05, 3.63) is 16.1 Å². The summed E-state index contributed by atoms with van der Waals surface area (Å²) in [5, 5.41) is 11.7. The van der Waals surface area contributed by atoms with Crippen LogP contribution in [0.2, 0.25) is 0 Å². The number of aromatic nitrogens is 1. The largest absolute Gasteiger partial charge is 0.480 e. The van der Waals surface area contributed by atoms with Crippen molar-refractivity contribution < 1.29 is 9.90 Å². The summed E-state index contributed by atoms with van der Waals surface area (Å²) in [6.45, 7) is 0. The number of carboxylic acids is 1. The minimum atomic E-state index is -0.959. The SMILES string of the molecule is NC(Cc1nc(C2CCCCC2)cs1)C(=O)O. The van der Waals surface area contributed by atoms with Crippen LogP contribution in [0.5, 0.6) is 0 Å². The molecule has 3 N–H and O–H groups in total. The van der Waals surface area contributed by atoms with Crippen molar-refractivity contribution >= 4 is 17.3 Å². The van der Waals surface area contributed by atoms with E-state index in [9.17, 15) is 4.79 Å². The Hall–Kier alpha value is -0.940. The van der Waals surface area contributed by atoms with Crippen LogP contribution < -0.4 is 5.73 Å². The zero-order valence-electron chi connectivity index (χ0n) is 9.76. The Balaban J connectivity index is 1.97. The van der Waals surface area contributed by atoms with E-state index in [0.29, 0.717) is 12.3 Å². The standard InChI is InChI=1S/C12H18N2O2S/c13-9(12(15)16)6-11-14-10(7-17-11)8-4-2-1-3-5-8/h7-9H,1-6,13H2,(H,15,16). The number of carboxylic acid groups (broad SMARTS) is 1. The van der Waals surface area contributed by atoms with E-state index in [1.807, 2.05) is 0 Å². The first-order valence-corrected chi connectivity index (χ1v) is 6.97. The Labute approximate surface area is 105 Å². The van der Waals surface area contributed by atoms with Gasteiger partial charge in [0.15, 0.2) is 0 Å². The average Bonchev–Trinajstić information content (AvgIpc) is 2.78. The molecule has 4 nitrogen and oxygen atoms in total. The molecule has 0 saturated heterocycles. The molecule has 1 heterocycles. The molecule has 1 aliphatic carbocycles. The third kappa shape index (κ3) is 3.26. The second-order valence-electron chi connectivity index (χ2n) is 4.65. The van der Waals surface area contributed by atoms with Gasteiger partial charge >= 0.3 is 5.97 Å². The van der Waals surface area contributed by atoms with Crippen molar-refractivity contribution in [2.75, 3.05) is 0 Å². The van der Waals surface area contributed by atoms with E-state index in [-0.39, 0.29) is 0 Å². The van der Waals surface area contributed by atoms with Crippen LogP contribution in [0.1, 0.15) is 48.7 Å². The Morgan fingerprint density at radius 3 is 2.88 bits per heavy atom. The van der Waals surface area contributed by atoms with Gasteiger partial charge in [0.25, 0.3) is 0 Å². The molecule has 0 aliphatic heterocycles. The lowest BCUT2D eigenvalue weighted by atomic mass is 9.87. The first-order chi connectivity index (χ1) is 8.16. The van der Waals surface area contributed by atoms with Gasteiger partial charge in [0.1, 0.15) is 6.04 Å². The minimum Gasteiger partial charge on any atom is -0.480 e. The second kappa shape index (κ2) is 5.60. The van der Waals surface area contributed by atoms with Gasteiger partial charge in [-0.2, -0.15) is 0 Å². The third-order valence-electron chi connectivity index (χ3n) is 3.30. The highest BCUT2D eigenvalue weighted by atomic mass is 32.1. The van der Waals surface area contributed by atoms with Crippen LogP contribution in [-0.4, -0.2) is 22.1 Å². The van der Waals surface area contributed by atoms with Gasteiger partial charge in [-0.15, -0.1) is 11.3 Å². The number of rotatable bonds is 4. The molecule has 0 aromatic carbocycles. The van der Waals surface area contributed by atoms with Crippen molar-refractivity contribution in [3.8, 4) is 0 Å². The van der Waals surface area contributed by atoms with Gasteiger partial charge < -0.3 is 10.8 Å². The molecule has 5 heteroatoms. The summed E-state index contributed by atoms with van der Waals surface area (Å²) in [6, 6.07) is -0.833. The van der Waals surface area contributed by atoms with Gasteiger partial charge in [-0.25, -0.2) is 4.98 Å². The summed E-state index contributed by atoms with van der Waals surface area (Å²) < 4.78 is 0. The van der Waals surface area contributed by atoms with Crippen molar-refractivity contribution in [1.29, 1.82) is 0 Å². The summed E-state index contributed by atoms with van der Waals surface area (Å²) in [4.78, 5) is 15.2. The summed E-state index contributed by atoms with van der Waals surface area (Å²) in [5.74, 6) is -0.380. The monoisotopic (exact) mass is 254 g/mol. The minimum absolute atomic E-state index is 0.340. The predicted molar refractivity (Wildman–Crippen MR) is 67.3 cm³/mol. The molecule has 0 bridgehead atoms. The van der Waals surface area contributed by atoms with E-state index in [4.69, 9.17) is 10.8 Å². The van der Waals surface area contributed by atoms with Crippen molar-refractivity contribution in [3.63, 3.8) is 0 Å². The molecule has 1 fully saturated rings. The zero-order valence-corrected chi connectivity index (χ0v) is 10.6. The maximum atomic E-state index is 10.7. The van der Waals surface area contributed by atoms with Crippen LogP contribution in [0.4, 0.5) is 0 Å². The number of hydrogen-bond acceptors (Lipinski definition) is 4. The fraction of sp³-hybridized carbons (Fsp3) is 0.667. The number of nitrogens with zero attached hydrogens (tertiary/aromatic N) is 1. The molecule has 2 rings (SSSR count). The van der Waals surface area contributed by atoms with Crippen LogP contribution in [0.25, 0.3) is 0 Å². The molecule has 1 aromatic rings. The first-order valence-electron chi connectivity index (χ1n) is 6.09. The molecular formula is C12H18N2O2S. The Bertz CT molecular complexity index is 386. The number of aliphatic carboxylic acids is 1. The highest BCUT2D eigenvalue weighted by Crippen LogP contribution is 2.33. The van der Waals surface area contributed by atoms with Gasteiger partial charge in [0.2, 0.25) is 0 Å². The van der Waals surface area contributed by atoms with E-state index in [0.717, 1.165) is 10.7 Å². The molecule has 0 radical (unpaired) electrons. The number of carbonyl (C=O) groups is 1. The van der Waals surface area contributed by atoms with E-state index < -0.39 is 12.0 Å². The molecule has 94 valence electrons. The van der Waals surface area contributed by atoms with Crippen LogP contribution in [-0.2, 0) is 11.2 Å². The van der Waals surface area contributed by atoms with Gasteiger partial charge in [-0.3, -0.25) is 4.79 Å². The molecule has 1 atom stereocenters. The van der Waals surface area contributed by atoms with Gasteiger partial charge in [0, 0.05) is 17.7 Å². The van der Waals surface area contributed by atoms with Crippen LogP contribution in [0.3, 0.4) is 0 Å². The molecule has 1 aliphatic rings. The zero-order chi connectivity index (χ0) is 12.3. The van der Waals surface area contributed by atoms with E-state index in [1.54, 1.807) is 0 Å². The van der Waals surface area contributed by atoms with Crippen LogP contribution in [0.15, 0.2) is 5.38 Å². The van der Waals surface area contributed by atoms with Gasteiger partial charge in [-0.1, -0.05) is 19.3 Å². The maximum absolute atomic E-state index is 10.7. The van der Waals surface area contributed by atoms with Gasteiger partial charge in [-0.05, 0) is 12.8 Å². The highest BCUT2D eigenvalue weighted by molar-refractivity contribution is 7.09. The number of thiazole rings is 1. The molecule has 0 spiro atoms. The summed E-state index contributed by atoms with van der Waals surface area (Å²) >= 11 is 1.53. The predicted octanol–water partition coefficient (Wildman–Crippen LogP) is 2.15. The van der Waals surface area contributed by atoms with E-state index in [2.05, 4.69) is 10.4 Å². The molecule has 1 aromatic heterocycles. The number of nitrogens with two attached hydrogens (primary N) is 1. The van der Waals surface area contributed by atoms with Crippen molar-refractivity contribution in [1.82, 2.24) is 4.98 Å². The van der Waals surface area contributed by atoms with E-state index in [1.165, 1.54) is 43.4 Å². The first kappa shape index (κ1) is 12.5. The van der Waals surface area contributed by atoms with Gasteiger partial charge in [0.05, 0.1) is 10.7 Å². The van der Waals surface area contributed by atoms with Crippen molar-refractivity contribution in [2.45, 2.75) is 50.5 Å². The quantitative estimate of drug-likeness (QED) is 0.863. The lowest BCUT2D eigenvalue weighted by molar-refractivity contribution is -0.138. The topological polar surface area (TPSA) is 76.2 Å².